The monoisotopic (exact) mass is 239 g/mol. The van der Waals surface area contributed by atoms with E-state index in [2.05, 4.69) is 30.6 Å². The second-order valence-corrected chi connectivity index (χ2v) is 4.24. The summed E-state index contributed by atoms with van der Waals surface area (Å²) in [4.78, 5) is 4.29. The lowest BCUT2D eigenvalue weighted by atomic mass is 10.1. The van der Waals surface area contributed by atoms with Crippen LogP contribution < -0.4 is 5.73 Å². The quantitative estimate of drug-likeness (QED) is 0.739. The van der Waals surface area contributed by atoms with Gasteiger partial charge in [-0.1, -0.05) is 25.1 Å². The molecule has 1 aromatic heterocycles. The molecule has 0 spiro atoms. The normalized spacial score (nSPS) is 14.9. The Morgan fingerprint density at radius 3 is 2.76 bits per heavy atom. The number of ether oxygens (including phenoxy) is 1. The first-order valence-electron chi connectivity index (χ1n) is 5.91. The maximum Gasteiger partial charge on any atom is 0.243 e. The molecule has 0 aliphatic rings. The molecule has 2 N–H and O–H groups in total. The lowest BCUT2D eigenvalue weighted by Gasteiger charge is -2.16. The smallest absolute Gasteiger partial charge is 0.243 e. The largest absolute Gasteiger partial charge is 0.370 e. The first-order valence-corrected chi connectivity index (χ1v) is 5.91. The molecular formula is C12H21N3O2. The van der Waals surface area contributed by atoms with E-state index in [1.54, 1.807) is 6.08 Å². The molecule has 0 saturated heterocycles. The van der Waals surface area contributed by atoms with Gasteiger partial charge in [-0.3, -0.25) is 0 Å². The van der Waals surface area contributed by atoms with Crippen LogP contribution >= 0.6 is 0 Å². The highest BCUT2D eigenvalue weighted by Gasteiger charge is 2.23. The zero-order valence-corrected chi connectivity index (χ0v) is 10.7. The number of nitrogens with two attached hydrogens (primary N) is 1. The summed E-state index contributed by atoms with van der Waals surface area (Å²) in [6.07, 6.45) is 2.20. The molecule has 2 atom stereocenters. The molecule has 0 aliphatic heterocycles. The molecule has 0 aliphatic carbocycles. The Balaban J connectivity index is 2.80. The summed E-state index contributed by atoms with van der Waals surface area (Å²) in [5, 5.41) is 3.93. The van der Waals surface area contributed by atoms with E-state index >= 15 is 0 Å². The Bertz CT molecular complexity index is 349. The second kappa shape index (κ2) is 6.51. The Morgan fingerprint density at radius 1 is 1.53 bits per heavy atom. The first kappa shape index (κ1) is 13.9. The average molecular weight is 239 g/mol. The maximum atomic E-state index is 5.86. The molecule has 96 valence electrons. The highest BCUT2D eigenvalue weighted by atomic mass is 16.5. The predicted molar refractivity (Wildman–Crippen MR) is 65.2 cm³/mol. The standard InChI is InChI=1S/C12H21N3O2/c1-5-7-9(13)12-14-11(15-17-12)10(8(3)4)16-6-2/h5,8-10H,1,6-7,13H2,2-4H3. The van der Waals surface area contributed by atoms with Gasteiger partial charge in [-0.05, 0) is 19.3 Å². The molecule has 5 nitrogen and oxygen atoms in total. The zero-order chi connectivity index (χ0) is 12.8. The molecule has 0 amide bonds. The van der Waals surface area contributed by atoms with Crippen molar-refractivity contribution < 1.29 is 9.26 Å². The van der Waals surface area contributed by atoms with Crippen LogP contribution in [-0.4, -0.2) is 16.7 Å². The molecule has 0 saturated carbocycles. The van der Waals surface area contributed by atoms with Crippen LogP contribution in [0.1, 0.15) is 51.1 Å². The van der Waals surface area contributed by atoms with Gasteiger partial charge in [0.15, 0.2) is 0 Å². The van der Waals surface area contributed by atoms with Crippen LogP contribution in [0.25, 0.3) is 0 Å². The Hall–Kier alpha value is -1.20. The maximum absolute atomic E-state index is 5.86. The van der Waals surface area contributed by atoms with Crippen LogP contribution in [0, 0.1) is 5.92 Å². The molecular weight excluding hydrogens is 218 g/mol. The van der Waals surface area contributed by atoms with Crippen molar-refractivity contribution in [2.45, 2.75) is 39.3 Å². The van der Waals surface area contributed by atoms with Gasteiger partial charge >= 0.3 is 0 Å². The van der Waals surface area contributed by atoms with Crippen LogP contribution in [0.15, 0.2) is 17.2 Å². The SMILES string of the molecule is C=CCC(N)c1nc(C(OCC)C(C)C)no1. The summed E-state index contributed by atoms with van der Waals surface area (Å²) in [6.45, 7) is 10.3. The minimum Gasteiger partial charge on any atom is -0.370 e. The summed E-state index contributed by atoms with van der Waals surface area (Å²) >= 11 is 0. The van der Waals surface area contributed by atoms with Crippen LogP contribution in [-0.2, 0) is 4.74 Å². The van der Waals surface area contributed by atoms with Crippen LogP contribution in [0.3, 0.4) is 0 Å². The molecule has 0 aromatic carbocycles. The fourth-order valence-corrected chi connectivity index (χ4v) is 1.54. The summed E-state index contributed by atoms with van der Waals surface area (Å²) in [7, 11) is 0. The third-order valence-corrected chi connectivity index (χ3v) is 2.40. The molecule has 1 rings (SSSR count). The second-order valence-electron chi connectivity index (χ2n) is 4.24. The van der Waals surface area contributed by atoms with Gasteiger partial charge in [0, 0.05) is 6.61 Å². The molecule has 0 bridgehead atoms. The molecule has 2 unspecified atom stereocenters. The van der Waals surface area contributed by atoms with Gasteiger partial charge in [-0.25, -0.2) is 0 Å². The lowest BCUT2D eigenvalue weighted by molar-refractivity contribution is 0.0217. The van der Waals surface area contributed by atoms with Crippen molar-refractivity contribution in [1.82, 2.24) is 10.1 Å². The van der Waals surface area contributed by atoms with Crippen LogP contribution in [0.2, 0.25) is 0 Å². The summed E-state index contributed by atoms with van der Waals surface area (Å²) in [5.41, 5.74) is 5.86. The summed E-state index contributed by atoms with van der Waals surface area (Å²) in [6, 6.07) is -0.289. The van der Waals surface area contributed by atoms with Gasteiger partial charge in [0.25, 0.3) is 0 Å². The van der Waals surface area contributed by atoms with Crippen molar-refractivity contribution in [2.24, 2.45) is 11.7 Å². The highest BCUT2D eigenvalue weighted by Crippen LogP contribution is 2.24. The Morgan fingerprint density at radius 2 is 2.24 bits per heavy atom. The average Bonchev–Trinajstić information content (AvgIpc) is 2.74. The van der Waals surface area contributed by atoms with E-state index in [0.717, 1.165) is 0 Å². The van der Waals surface area contributed by atoms with Gasteiger partial charge in [-0.15, -0.1) is 6.58 Å². The molecule has 1 heterocycles. The minimum atomic E-state index is -0.289. The lowest BCUT2D eigenvalue weighted by Crippen LogP contribution is -2.14. The van der Waals surface area contributed by atoms with Crippen molar-refractivity contribution >= 4 is 0 Å². The van der Waals surface area contributed by atoms with Gasteiger partial charge < -0.3 is 15.0 Å². The van der Waals surface area contributed by atoms with E-state index in [-0.39, 0.29) is 18.1 Å². The molecule has 5 heteroatoms. The van der Waals surface area contributed by atoms with Crippen molar-refractivity contribution in [2.75, 3.05) is 6.61 Å². The van der Waals surface area contributed by atoms with E-state index in [9.17, 15) is 0 Å². The molecule has 17 heavy (non-hydrogen) atoms. The van der Waals surface area contributed by atoms with E-state index in [1.807, 2.05) is 6.92 Å². The molecule has 0 fully saturated rings. The fraction of sp³-hybridized carbons (Fsp3) is 0.667. The van der Waals surface area contributed by atoms with Gasteiger partial charge in [0.2, 0.25) is 11.7 Å². The number of aromatic nitrogens is 2. The van der Waals surface area contributed by atoms with Gasteiger partial charge in [-0.2, -0.15) is 4.98 Å². The minimum absolute atomic E-state index is 0.145. The number of hydrogen-bond donors (Lipinski definition) is 1. The summed E-state index contributed by atoms with van der Waals surface area (Å²) < 4.78 is 10.7. The third kappa shape index (κ3) is 3.64. The van der Waals surface area contributed by atoms with E-state index in [4.69, 9.17) is 15.0 Å². The van der Waals surface area contributed by atoms with Crippen molar-refractivity contribution in [3.8, 4) is 0 Å². The summed E-state index contributed by atoms with van der Waals surface area (Å²) in [5.74, 6) is 1.29. The fourth-order valence-electron chi connectivity index (χ4n) is 1.54. The third-order valence-electron chi connectivity index (χ3n) is 2.40. The van der Waals surface area contributed by atoms with Crippen molar-refractivity contribution in [3.63, 3.8) is 0 Å². The van der Waals surface area contributed by atoms with Crippen LogP contribution in [0.5, 0.6) is 0 Å². The number of nitrogens with zero attached hydrogens (tertiary/aromatic N) is 2. The zero-order valence-electron chi connectivity index (χ0n) is 10.7. The van der Waals surface area contributed by atoms with E-state index < -0.39 is 0 Å². The Kier molecular flexibility index (Phi) is 5.31. The van der Waals surface area contributed by atoms with Gasteiger partial charge in [0.05, 0.1) is 6.04 Å². The van der Waals surface area contributed by atoms with Gasteiger partial charge in [0.1, 0.15) is 6.10 Å². The predicted octanol–water partition coefficient (Wildman–Crippen LogP) is 2.38. The Labute approximate surface area is 102 Å². The first-order chi connectivity index (χ1) is 8.10. The van der Waals surface area contributed by atoms with E-state index in [0.29, 0.717) is 24.7 Å². The van der Waals surface area contributed by atoms with Crippen molar-refractivity contribution in [1.29, 1.82) is 0 Å². The molecule has 1 aromatic rings. The molecule has 0 radical (unpaired) electrons. The number of rotatable bonds is 7. The topological polar surface area (TPSA) is 74.2 Å². The highest BCUT2D eigenvalue weighted by molar-refractivity contribution is 4.97. The number of hydrogen-bond acceptors (Lipinski definition) is 5. The van der Waals surface area contributed by atoms with E-state index in [1.165, 1.54) is 0 Å². The van der Waals surface area contributed by atoms with Crippen LogP contribution in [0.4, 0.5) is 0 Å². The van der Waals surface area contributed by atoms with Crippen molar-refractivity contribution in [3.05, 3.63) is 24.4 Å².